The van der Waals surface area contributed by atoms with E-state index >= 15 is 0 Å². The second-order valence-electron chi connectivity index (χ2n) is 7.72. The van der Waals surface area contributed by atoms with Gasteiger partial charge in [-0.1, -0.05) is 42.5 Å². The first-order chi connectivity index (χ1) is 14.5. The molecule has 0 bridgehead atoms. The van der Waals surface area contributed by atoms with Crippen LogP contribution in [0.25, 0.3) is 10.9 Å². The van der Waals surface area contributed by atoms with Crippen LogP contribution in [0, 0.1) is 0 Å². The highest BCUT2D eigenvalue weighted by Crippen LogP contribution is 2.22. The summed E-state index contributed by atoms with van der Waals surface area (Å²) < 4.78 is 31.4. The minimum Gasteiger partial charge on any atom is -0.303 e. The number of hydrogen-bond acceptors (Lipinski definition) is 5. The first-order valence-electron chi connectivity index (χ1n) is 10.2. The maximum Gasteiger partial charge on any atom is 0.269 e. The second kappa shape index (κ2) is 9.47. The molecule has 0 saturated carbocycles. The van der Waals surface area contributed by atoms with Gasteiger partial charge >= 0.3 is 0 Å². The molecule has 30 heavy (non-hydrogen) atoms. The van der Waals surface area contributed by atoms with E-state index in [0.717, 1.165) is 55.2 Å². The standard InChI is InChI=1S/C23H26N2O3S2/c26-30(27,28)17-18-6-7-19-10-13-25(14-11-21(19)16-18)12-3-15-29-23-9-8-20-4-1-2-5-22(20)24-23/h1-2,4-9,16H,3,10-15,17H2,(H,26,27,28). The van der Waals surface area contributed by atoms with Gasteiger partial charge in [-0.15, -0.1) is 11.8 Å². The fraction of sp³-hybridized carbons (Fsp3) is 0.348. The summed E-state index contributed by atoms with van der Waals surface area (Å²) in [5.74, 6) is 0.720. The van der Waals surface area contributed by atoms with Crippen molar-refractivity contribution in [3.8, 4) is 0 Å². The van der Waals surface area contributed by atoms with E-state index in [1.54, 1.807) is 11.8 Å². The molecule has 2 heterocycles. The predicted octanol–water partition coefficient (Wildman–Crippen LogP) is 4.21. The van der Waals surface area contributed by atoms with Crippen molar-refractivity contribution < 1.29 is 13.0 Å². The van der Waals surface area contributed by atoms with E-state index in [0.29, 0.717) is 5.56 Å². The van der Waals surface area contributed by atoms with Gasteiger partial charge in [0.15, 0.2) is 0 Å². The monoisotopic (exact) mass is 442 g/mol. The topological polar surface area (TPSA) is 70.5 Å². The lowest BCUT2D eigenvalue weighted by molar-refractivity contribution is 0.289. The fourth-order valence-electron chi connectivity index (χ4n) is 3.94. The number of fused-ring (bicyclic) bond motifs is 2. The van der Waals surface area contributed by atoms with Crippen molar-refractivity contribution in [1.82, 2.24) is 9.88 Å². The van der Waals surface area contributed by atoms with Crippen LogP contribution in [-0.4, -0.2) is 48.2 Å². The van der Waals surface area contributed by atoms with Gasteiger partial charge < -0.3 is 4.90 Å². The summed E-state index contributed by atoms with van der Waals surface area (Å²) >= 11 is 1.81. The Bertz CT molecular complexity index is 1130. The van der Waals surface area contributed by atoms with E-state index in [4.69, 9.17) is 9.54 Å². The number of rotatable bonds is 7. The third kappa shape index (κ3) is 5.82. The average molecular weight is 443 g/mol. The van der Waals surface area contributed by atoms with E-state index in [-0.39, 0.29) is 5.75 Å². The molecule has 0 fully saturated rings. The van der Waals surface area contributed by atoms with Gasteiger partial charge in [0.2, 0.25) is 0 Å². The molecule has 158 valence electrons. The van der Waals surface area contributed by atoms with E-state index < -0.39 is 10.1 Å². The Labute approximate surface area is 182 Å². The molecule has 0 amide bonds. The highest BCUT2D eigenvalue weighted by molar-refractivity contribution is 7.99. The Hall–Kier alpha value is -1.93. The SMILES string of the molecule is O=S(=O)(O)Cc1ccc2c(c1)CCN(CCCSc1ccc3ccccc3n1)CC2. The van der Waals surface area contributed by atoms with Crippen LogP contribution in [0.3, 0.4) is 0 Å². The van der Waals surface area contributed by atoms with Gasteiger partial charge in [0.25, 0.3) is 10.1 Å². The molecule has 2 aromatic carbocycles. The van der Waals surface area contributed by atoms with E-state index in [1.165, 1.54) is 16.5 Å². The Morgan fingerprint density at radius 1 is 1.00 bits per heavy atom. The summed E-state index contributed by atoms with van der Waals surface area (Å²) in [4.78, 5) is 7.21. The first-order valence-corrected chi connectivity index (χ1v) is 12.8. The lowest BCUT2D eigenvalue weighted by atomic mass is 10.0. The summed E-state index contributed by atoms with van der Waals surface area (Å²) in [6.07, 6.45) is 2.98. The molecule has 1 N–H and O–H groups in total. The quantitative estimate of drug-likeness (QED) is 0.336. The van der Waals surface area contributed by atoms with Crippen molar-refractivity contribution in [3.05, 3.63) is 71.3 Å². The number of hydrogen-bond donors (Lipinski definition) is 1. The fourth-order valence-corrected chi connectivity index (χ4v) is 5.35. The van der Waals surface area contributed by atoms with Crippen molar-refractivity contribution >= 4 is 32.8 Å². The zero-order valence-electron chi connectivity index (χ0n) is 16.8. The molecule has 4 rings (SSSR count). The molecule has 1 aromatic heterocycles. The van der Waals surface area contributed by atoms with Gasteiger partial charge in [0.1, 0.15) is 5.75 Å². The molecule has 0 aliphatic carbocycles. The highest BCUT2D eigenvalue weighted by atomic mass is 32.2. The van der Waals surface area contributed by atoms with Crippen LogP contribution in [0.1, 0.15) is 23.1 Å². The molecule has 5 nitrogen and oxygen atoms in total. The molecule has 0 unspecified atom stereocenters. The molecular formula is C23H26N2O3S2. The molecule has 1 aliphatic heterocycles. The summed E-state index contributed by atoms with van der Waals surface area (Å²) in [6.45, 7) is 3.04. The van der Waals surface area contributed by atoms with Crippen molar-refractivity contribution in [2.75, 3.05) is 25.4 Å². The maximum absolute atomic E-state index is 11.1. The van der Waals surface area contributed by atoms with Crippen molar-refractivity contribution in [2.24, 2.45) is 0 Å². The van der Waals surface area contributed by atoms with Crippen LogP contribution in [0.4, 0.5) is 0 Å². The first kappa shape index (κ1) is 21.3. The largest absolute Gasteiger partial charge is 0.303 e. The Morgan fingerprint density at radius 3 is 2.63 bits per heavy atom. The second-order valence-corrected chi connectivity index (χ2v) is 10.3. The molecule has 1 aliphatic rings. The Morgan fingerprint density at radius 2 is 1.80 bits per heavy atom. The number of benzene rings is 2. The van der Waals surface area contributed by atoms with Crippen molar-refractivity contribution in [2.45, 2.75) is 30.0 Å². The Balaban J connectivity index is 1.26. The summed E-state index contributed by atoms with van der Waals surface area (Å²) in [6, 6.07) is 18.2. The van der Waals surface area contributed by atoms with Crippen LogP contribution in [0.5, 0.6) is 0 Å². The normalized spacial score (nSPS) is 15.1. The number of nitrogens with zero attached hydrogens (tertiary/aromatic N) is 2. The lowest BCUT2D eigenvalue weighted by Gasteiger charge is -2.19. The van der Waals surface area contributed by atoms with Gasteiger partial charge in [-0.2, -0.15) is 8.42 Å². The van der Waals surface area contributed by atoms with Crippen LogP contribution in [0.15, 0.2) is 59.6 Å². The number of pyridine rings is 1. The molecular weight excluding hydrogens is 416 g/mol. The third-order valence-corrected chi connectivity index (χ3v) is 7.17. The number of thioether (sulfide) groups is 1. The zero-order valence-corrected chi connectivity index (χ0v) is 18.5. The lowest BCUT2D eigenvalue weighted by Crippen LogP contribution is -2.27. The maximum atomic E-state index is 11.1. The predicted molar refractivity (Wildman–Crippen MR) is 123 cm³/mol. The van der Waals surface area contributed by atoms with Crippen molar-refractivity contribution in [1.29, 1.82) is 0 Å². The van der Waals surface area contributed by atoms with E-state index in [1.807, 2.05) is 30.3 Å². The molecule has 0 atom stereocenters. The average Bonchev–Trinajstić information content (AvgIpc) is 2.92. The van der Waals surface area contributed by atoms with Gasteiger partial charge in [-0.3, -0.25) is 4.55 Å². The molecule has 0 radical (unpaired) electrons. The van der Waals surface area contributed by atoms with Crippen LogP contribution in [-0.2, 0) is 28.7 Å². The minimum absolute atomic E-state index is 0.315. The smallest absolute Gasteiger partial charge is 0.269 e. The number of para-hydroxylation sites is 1. The highest BCUT2D eigenvalue weighted by Gasteiger charge is 2.15. The summed E-state index contributed by atoms with van der Waals surface area (Å²) in [5.41, 5.74) is 4.19. The van der Waals surface area contributed by atoms with Gasteiger partial charge in [-0.25, -0.2) is 4.98 Å². The van der Waals surface area contributed by atoms with Gasteiger partial charge in [0.05, 0.1) is 10.5 Å². The molecule has 0 saturated heterocycles. The zero-order chi connectivity index (χ0) is 21.0. The van der Waals surface area contributed by atoms with Crippen LogP contribution >= 0.6 is 11.8 Å². The van der Waals surface area contributed by atoms with Crippen LogP contribution < -0.4 is 0 Å². The van der Waals surface area contributed by atoms with E-state index in [9.17, 15) is 8.42 Å². The third-order valence-electron chi connectivity index (χ3n) is 5.46. The van der Waals surface area contributed by atoms with E-state index in [2.05, 4.69) is 29.2 Å². The van der Waals surface area contributed by atoms with Gasteiger partial charge in [-0.05, 0) is 54.6 Å². The van der Waals surface area contributed by atoms with Crippen LogP contribution in [0.2, 0.25) is 0 Å². The van der Waals surface area contributed by atoms with Gasteiger partial charge in [0, 0.05) is 24.2 Å². The molecule has 3 aromatic rings. The Kier molecular flexibility index (Phi) is 6.73. The summed E-state index contributed by atoms with van der Waals surface area (Å²) in [7, 11) is -3.99. The van der Waals surface area contributed by atoms with Crippen molar-refractivity contribution in [3.63, 3.8) is 0 Å². The molecule has 0 spiro atoms. The molecule has 7 heteroatoms. The minimum atomic E-state index is -3.99. The summed E-state index contributed by atoms with van der Waals surface area (Å²) in [5, 5.41) is 2.24. The number of aromatic nitrogens is 1.